The lowest BCUT2D eigenvalue weighted by Gasteiger charge is -2.21. The van der Waals surface area contributed by atoms with Crippen LogP contribution < -0.4 is 10.2 Å². The molecular weight excluding hydrogens is 307 g/mol. The van der Waals surface area contributed by atoms with Gasteiger partial charge in [-0.2, -0.15) is 0 Å². The highest BCUT2D eigenvalue weighted by Crippen LogP contribution is 2.38. The van der Waals surface area contributed by atoms with Gasteiger partial charge >= 0.3 is 6.09 Å². The number of amides is 2. The zero-order chi connectivity index (χ0) is 14.3. The Bertz CT molecular complexity index is 586. The molecule has 2 atom stereocenters. The number of halogens is 2. The molecule has 1 aromatic carbocycles. The molecule has 2 heterocycles. The van der Waals surface area contributed by atoms with E-state index in [1.807, 2.05) is 0 Å². The first kappa shape index (κ1) is 13.5. The van der Waals surface area contributed by atoms with Gasteiger partial charge in [-0.25, -0.2) is 9.18 Å². The minimum Gasteiger partial charge on any atom is -0.443 e. The molecule has 3 rings (SSSR count). The van der Waals surface area contributed by atoms with E-state index in [9.17, 15) is 14.0 Å². The van der Waals surface area contributed by atoms with Crippen molar-refractivity contribution in [1.29, 1.82) is 0 Å². The van der Waals surface area contributed by atoms with E-state index >= 15 is 0 Å². The number of carbonyl (C=O) groups excluding carboxylic acids is 2. The van der Waals surface area contributed by atoms with E-state index in [4.69, 9.17) is 16.3 Å². The maximum atomic E-state index is 13.3. The lowest BCUT2D eigenvalue weighted by molar-refractivity contribution is -0.118. The third-order valence-corrected chi connectivity index (χ3v) is 4.39. The Hall–Kier alpha value is -1.47. The molecule has 1 aromatic rings. The second-order valence-electron chi connectivity index (χ2n) is 4.37. The minimum absolute atomic E-state index is 0.225. The van der Waals surface area contributed by atoms with Gasteiger partial charge in [0.15, 0.2) is 0 Å². The van der Waals surface area contributed by atoms with Crippen LogP contribution >= 0.6 is 23.4 Å². The summed E-state index contributed by atoms with van der Waals surface area (Å²) in [5.74, 6) is -0.467. The standard InChI is InChI=1S/C12H10ClFN2O3S/c13-4-7-5-16(12(18)19-7)6-1-2-9-8(3-6)15-11(17)10(14)20-9/h1-3,7,10H,4-5H2,(H,15,17)/t7-,10?/m1/s1. The molecule has 1 saturated heterocycles. The summed E-state index contributed by atoms with van der Waals surface area (Å²) in [6, 6.07) is 4.99. The molecule has 0 bridgehead atoms. The third-order valence-electron chi connectivity index (χ3n) is 3.02. The Morgan fingerprint density at radius 3 is 3.00 bits per heavy atom. The first-order valence-corrected chi connectivity index (χ1v) is 7.29. The molecule has 2 aliphatic rings. The normalized spacial score (nSPS) is 25.2. The number of anilines is 2. The Labute approximate surface area is 123 Å². The first-order chi connectivity index (χ1) is 9.58. The molecule has 2 aliphatic heterocycles. The van der Waals surface area contributed by atoms with E-state index in [1.54, 1.807) is 18.2 Å². The molecule has 0 aromatic heterocycles. The van der Waals surface area contributed by atoms with E-state index in [2.05, 4.69) is 5.32 Å². The van der Waals surface area contributed by atoms with Crippen LogP contribution in [0.3, 0.4) is 0 Å². The van der Waals surface area contributed by atoms with E-state index in [0.717, 1.165) is 11.8 Å². The fourth-order valence-electron chi connectivity index (χ4n) is 2.05. The second-order valence-corrected chi connectivity index (χ2v) is 5.77. The van der Waals surface area contributed by atoms with Crippen molar-refractivity contribution in [3.63, 3.8) is 0 Å². The summed E-state index contributed by atoms with van der Waals surface area (Å²) >= 11 is 6.51. The molecule has 1 N–H and O–H groups in total. The number of nitrogens with zero attached hydrogens (tertiary/aromatic N) is 1. The smallest absolute Gasteiger partial charge is 0.414 e. The Kier molecular flexibility index (Phi) is 3.47. The van der Waals surface area contributed by atoms with Crippen LogP contribution in [0.4, 0.5) is 20.6 Å². The molecule has 0 radical (unpaired) electrons. The van der Waals surface area contributed by atoms with Crippen LogP contribution in [0, 0.1) is 0 Å². The van der Waals surface area contributed by atoms with Crippen molar-refractivity contribution < 1.29 is 18.7 Å². The van der Waals surface area contributed by atoms with Gasteiger partial charge in [-0.1, -0.05) is 11.8 Å². The largest absolute Gasteiger partial charge is 0.443 e. The molecule has 1 unspecified atom stereocenters. The van der Waals surface area contributed by atoms with Gasteiger partial charge in [0.1, 0.15) is 6.10 Å². The number of nitrogens with one attached hydrogen (secondary N) is 1. The van der Waals surface area contributed by atoms with Crippen LogP contribution in [-0.2, 0) is 9.53 Å². The van der Waals surface area contributed by atoms with Crippen molar-refractivity contribution in [2.75, 3.05) is 22.6 Å². The highest BCUT2D eigenvalue weighted by atomic mass is 35.5. The number of carbonyl (C=O) groups is 2. The van der Waals surface area contributed by atoms with Gasteiger partial charge in [-0.3, -0.25) is 9.69 Å². The van der Waals surface area contributed by atoms with Gasteiger partial charge in [0, 0.05) is 10.6 Å². The summed E-state index contributed by atoms with van der Waals surface area (Å²) in [5.41, 5.74) is -0.529. The number of hydrogen-bond acceptors (Lipinski definition) is 4. The van der Waals surface area contributed by atoms with E-state index < -0.39 is 17.5 Å². The molecule has 0 spiro atoms. The van der Waals surface area contributed by atoms with Crippen LogP contribution in [0.1, 0.15) is 0 Å². The van der Waals surface area contributed by atoms with Gasteiger partial charge < -0.3 is 10.1 Å². The molecule has 0 aliphatic carbocycles. The fourth-order valence-corrected chi connectivity index (χ4v) is 2.99. The fraction of sp³-hybridized carbons (Fsp3) is 0.333. The maximum absolute atomic E-state index is 13.3. The van der Waals surface area contributed by atoms with Gasteiger partial charge in [0.2, 0.25) is 5.50 Å². The summed E-state index contributed by atoms with van der Waals surface area (Å²) in [6.07, 6.45) is -0.826. The summed E-state index contributed by atoms with van der Waals surface area (Å²) in [4.78, 5) is 25.1. The maximum Gasteiger partial charge on any atom is 0.414 e. The molecule has 20 heavy (non-hydrogen) atoms. The van der Waals surface area contributed by atoms with Crippen molar-refractivity contribution >= 4 is 46.7 Å². The summed E-state index contributed by atoms with van der Waals surface area (Å²) in [7, 11) is 0. The summed E-state index contributed by atoms with van der Waals surface area (Å²) in [6.45, 7) is 0.355. The molecular formula is C12H10ClFN2O3S. The molecule has 2 amide bonds. The van der Waals surface area contributed by atoms with Crippen molar-refractivity contribution in [2.24, 2.45) is 0 Å². The lowest BCUT2D eigenvalue weighted by Crippen LogP contribution is -2.27. The quantitative estimate of drug-likeness (QED) is 0.852. The number of benzene rings is 1. The van der Waals surface area contributed by atoms with Crippen molar-refractivity contribution in [2.45, 2.75) is 16.5 Å². The van der Waals surface area contributed by atoms with Crippen LogP contribution in [-0.4, -0.2) is 36.0 Å². The molecule has 0 saturated carbocycles. The monoisotopic (exact) mass is 316 g/mol. The Morgan fingerprint density at radius 2 is 2.30 bits per heavy atom. The van der Waals surface area contributed by atoms with Crippen molar-refractivity contribution in [3.8, 4) is 0 Å². The van der Waals surface area contributed by atoms with Crippen LogP contribution in [0.25, 0.3) is 0 Å². The Morgan fingerprint density at radius 1 is 1.50 bits per heavy atom. The average Bonchev–Trinajstić information content (AvgIpc) is 2.81. The van der Waals surface area contributed by atoms with Crippen molar-refractivity contribution in [1.82, 2.24) is 0 Å². The summed E-state index contributed by atoms with van der Waals surface area (Å²) < 4.78 is 18.3. The zero-order valence-electron chi connectivity index (χ0n) is 10.1. The number of ether oxygens (including phenoxy) is 1. The van der Waals surface area contributed by atoms with Crippen molar-refractivity contribution in [3.05, 3.63) is 18.2 Å². The van der Waals surface area contributed by atoms with E-state index in [1.165, 1.54) is 4.90 Å². The van der Waals surface area contributed by atoms with Gasteiger partial charge in [0.25, 0.3) is 5.91 Å². The highest BCUT2D eigenvalue weighted by molar-refractivity contribution is 8.00. The molecule has 8 heteroatoms. The number of rotatable bonds is 2. The topological polar surface area (TPSA) is 58.6 Å². The van der Waals surface area contributed by atoms with E-state index in [0.29, 0.717) is 22.8 Å². The Balaban J connectivity index is 1.88. The number of alkyl halides is 2. The molecule has 5 nitrogen and oxygen atoms in total. The number of fused-ring (bicyclic) bond motifs is 1. The second kappa shape index (κ2) is 5.14. The average molecular weight is 317 g/mol. The zero-order valence-corrected chi connectivity index (χ0v) is 11.7. The van der Waals surface area contributed by atoms with E-state index in [-0.39, 0.29) is 12.0 Å². The van der Waals surface area contributed by atoms with Gasteiger partial charge in [-0.05, 0) is 18.2 Å². The molecule has 106 valence electrons. The first-order valence-electron chi connectivity index (χ1n) is 5.88. The number of cyclic esters (lactones) is 1. The van der Waals surface area contributed by atoms with Crippen LogP contribution in [0.2, 0.25) is 0 Å². The number of hydrogen-bond donors (Lipinski definition) is 1. The van der Waals surface area contributed by atoms with Crippen LogP contribution in [0.15, 0.2) is 23.1 Å². The summed E-state index contributed by atoms with van der Waals surface area (Å²) in [5, 5.41) is 2.47. The van der Waals surface area contributed by atoms with Gasteiger partial charge in [-0.15, -0.1) is 11.6 Å². The minimum atomic E-state index is -1.61. The predicted octanol–water partition coefficient (Wildman–Crippen LogP) is 2.59. The SMILES string of the molecule is O=C1Nc2cc(N3C[C@@H](CCl)OC3=O)ccc2SC1F. The van der Waals surface area contributed by atoms with Gasteiger partial charge in [0.05, 0.1) is 18.1 Å². The lowest BCUT2D eigenvalue weighted by atomic mass is 10.2. The molecule has 1 fully saturated rings. The predicted molar refractivity (Wildman–Crippen MR) is 74.2 cm³/mol. The number of thioether (sulfide) groups is 1. The highest BCUT2D eigenvalue weighted by Gasteiger charge is 2.33. The third kappa shape index (κ3) is 2.31. The van der Waals surface area contributed by atoms with Crippen LogP contribution in [0.5, 0.6) is 0 Å².